The number of benzene rings is 2. The van der Waals surface area contributed by atoms with E-state index in [1.165, 1.54) is 11.1 Å². The van der Waals surface area contributed by atoms with Gasteiger partial charge < -0.3 is 5.32 Å². The summed E-state index contributed by atoms with van der Waals surface area (Å²) in [6.07, 6.45) is 1.93. The van der Waals surface area contributed by atoms with Gasteiger partial charge in [-0.2, -0.15) is 11.8 Å². The van der Waals surface area contributed by atoms with Crippen LogP contribution >= 0.6 is 27.7 Å². The fraction of sp³-hybridized carbons (Fsp3) is 0.350. The molecular formula is C20H25BrN2O3S2. The van der Waals surface area contributed by atoms with Crippen molar-refractivity contribution in [1.82, 2.24) is 5.32 Å². The van der Waals surface area contributed by atoms with Gasteiger partial charge in [-0.3, -0.25) is 9.10 Å². The van der Waals surface area contributed by atoms with Gasteiger partial charge in [0.25, 0.3) is 0 Å². The van der Waals surface area contributed by atoms with Gasteiger partial charge in [0.1, 0.15) is 6.54 Å². The van der Waals surface area contributed by atoms with Crippen LogP contribution in [0.25, 0.3) is 0 Å². The third-order valence-corrected chi connectivity index (χ3v) is 6.87. The number of sulfonamides is 1. The Bertz CT molecular complexity index is 887. The van der Waals surface area contributed by atoms with E-state index in [1.54, 1.807) is 24.3 Å². The largest absolute Gasteiger partial charge is 0.354 e. The number of hydrogen-bond acceptors (Lipinski definition) is 4. The van der Waals surface area contributed by atoms with E-state index in [2.05, 4.69) is 40.3 Å². The lowest BCUT2D eigenvalue weighted by atomic mass is 10.1. The molecule has 0 aliphatic heterocycles. The number of carbonyl (C=O) groups is 1. The number of halogens is 1. The normalized spacial score (nSPS) is 11.2. The molecule has 152 valence electrons. The van der Waals surface area contributed by atoms with Crippen molar-refractivity contribution in [3.63, 3.8) is 0 Å². The quantitative estimate of drug-likeness (QED) is 0.518. The Morgan fingerprint density at radius 2 is 1.82 bits per heavy atom. The molecule has 1 amide bonds. The fourth-order valence-corrected chi connectivity index (χ4v) is 4.71. The van der Waals surface area contributed by atoms with Crippen LogP contribution in [0.15, 0.2) is 53.0 Å². The first kappa shape index (κ1) is 22.8. The summed E-state index contributed by atoms with van der Waals surface area (Å²) in [5, 5.41) is 2.81. The molecule has 5 nitrogen and oxygen atoms in total. The Balaban J connectivity index is 1.75. The number of carbonyl (C=O) groups excluding carboxylic acids is 1. The van der Waals surface area contributed by atoms with E-state index in [4.69, 9.17) is 0 Å². The van der Waals surface area contributed by atoms with Crippen molar-refractivity contribution in [3.8, 4) is 0 Å². The van der Waals surface area contributed by atoms with Crippen LogP contribution in [-0.4, -0.2) is 39.4 Å². The Morgan fingerprint density at radius 3 is 2.46 bits per heavy atom. The molecular weight excluding hydrogens is 460 g/mol. The van der Waals surface area contributed by atoms with Crippen LogP contribution in [0.4, 0.5) is 5.69 Å². The molecule has 28 heavy (non-hydrogen) atoms. The molecule has 0 aliphatic carbocycles. The molecule has 0 fully saturated rings. The first-order valence-corrected chi connectivity index (χ1v) is 12.7. The zero-order chi connectivity index (χ0) is 20.6. The molecule has 0 radical (unpaired) electrons. The minimum atomic E-state index is -3.55. The maximum absolute atomic E-state index is 12.2. The average Bonchev–Trinajstić information content (AvgIpc) is 2.64. The van der Waals surface area contributed by atoms with E-state index in [-0.39, 0.29) is 12.5 Å². The first-order valence-electron chi connectivity index (χ1n) is 8.89. The van der Waals surface area contributed by atoms with Gasteiger partial charge in [0.2, 0.25) is 15.9 Å². The van der Waals surface area contributed by atoms with Crippen molar-refractivity contribution < 1.29 is 13.2 Å². The molecule has 2 rings (SSSR count). The van der Waals surface area contributed by atoms with Crippen LogP contribution in [-0.2, 0) is 20.6 Å². The second-order valence-corrected chi connectivity index (χ2v) is 10.4. The fourth-order valence-electron chi connectivity index (χ4n) is 2.55. The number of nitrogens with one attached hydrogen (secondary N) is 1. The predicted molar refractivity (Wildman–Crippen MR) is 121 cm³/mol. The minimum absolute atomic E-state index is 0.225. The minimum Gasteiger partial charge on any atom is -0.354 e. The molecule has 8 heteroatoms. The summed E-state index contributed by atoms with van der Waals surface area (Å²) in [5.41, 5.74) is 3.08. The number of hydrogen-bond donors (Lipinski definition) is 1. The zero-order valence-corrected chi connectivity index (χ0v) is 19.2. The number of rotatable bonds is 10. The Kier molecular flexibility index (Phi) is 8.85. The van der Waals surface area contributed by atoms with Gasteiger partial charge in [-0.25, -0.2) is 8.42 Å². The summed E-state index contributed by atoms with van der Waals surface area (Å²) < 4.78 is 26.1. The number of anilines is 1. The van der Waals surface area contributed by atoms with E-state index < -0.39 is 10.0 Å². The Hall–Kier alpha value is -1.51. The number of nitrogens with zero attached hydrogens (tertiary/aromatic N) is 1. The number of amides is 1. The molecule has 0 saturated heterocycles. The van der Waals surface area contributed by atoms with Crippen molar-refractivity contribution in [1.29, 1.82) is 0 Å². The maximum Gasteiger partial charge on any atom is 0.240 e. The van der Waals surface area contributed by atoms with Crippen molar-refractivity contribution in [2.45, 2.75) is 19.1 Å². The second-order valence-electron chi connectivity index (χ2n) is 6.43. The standard InChI is InChI=1S/C20H25BrN2O3S2/c1-16-6-3-4-7-17(16)15-27-13-5-12-22-20(24)14-23(28(2,25)26)19-10-8-18(21)9-11-19/h3-4,6-11H,5,12-15H2,1-2H3,(H,22,24). The average molecular weight is 485 g/mol. The summed E-state index contributed by atoms with van der Waals surface area (Å²) in [6.45, 7) is 2.41. The lowest BCUT2D eigenvalue weighted by Gasteiger charge is -2.22. The lowest BCUT2D eigenvalue weighted by molar-refractivity contribution is -0.119. The molecule has 0 spiro atoms. The number of aryl methyl sites for hydroxylation is 1. The van der Waals surface area contributed by atoms with Gasteiger partial charge in [-0.1, -0.05) is 40.2 Å². The van der Waals surface area contributed by atoms with Crippen molar-refractivity contribution in [3.05, 3.63) is 64.1 Å². The SMILES string of the molecule is Cc1ccccc1CSCCCNC(=O)CN(c1ccc(Br)cc1)S(C)(=O)=O. The monoisotopic (exact) mass is 484 g/mol. The van der Waals surface area contributed by atoms with E-state index in [0.717, 1.165) is 33.0 Å². The highest BCUT2D eigenvalue weighted by molar-refractivity contribution is 9.10. The maximum atomic E-state index is 12.2. The molecule has 0 aromatic heterocycles. The lowest BCUT2D eigenvalue weighted by Crippen LogP contribution is -2.40. The van der Waals surface area contributed by atoms with Crippen LogP contribution in [0.3, 0.4) is 0 Å². The highest BCUT2D eigenvalue weighted by Gasteiger charge is 2.20. The van der Waals surface area contributed by atoms with Crippen molar-refractivity contribution >= 4 is 49.3 Å². The molecule has 0 saturated carbocycles. The van der Waals surface area contributed by atoms with Crippen LogP contribution in [0.2, 0.25) is 0 Å². The van der Waals surface area contributed by atoms with Crippen molar-refractivity contribution in [2.75, 3.05) is 29.4 Å². The molecule has 1 N–H and O–H groups in total. The van der Waals surface area contributed by atoms with Gasteiger partial charge in [0.15, 0.2) is 0 Å². The summed E-state index contributed by atoms with van der Waals surface area (Å²) >= 11 is 5.15. The van der Waals surface area contributed by atoms with Crippen molar-refractivity contribution in [2.24, 2.45) is 0 Å². The van der Waals surface area contributed by atoms with Crippen LogP contribution < -0.4 is 9.62 Å². The van der Waals surface area contributed by atoms with E-state index in [1.807, 2.05) is 23.9 Å². The highest BCUT2D eigenvalue weighted by atomic mass is 79.9. The number of thioether (sulfide) groups is 1. The third-order valence-electron chi connectivity index (χ3n) is 4.11. The smallest absolute Gasteiger partial charge is 0.240 e. The van der Waals surface area contributed by atoms with Gasteiger partial charge in [-0.15, -0.1) is 0 Å². The molecule has 0 unspecified atom stereocenters. The van der Waals surface area contributed by atoms with E-state index >= 15 is 0 Å². The third kappa shape index (κ3) is 7.48. The van der Waals surface area contributed by atoms with Crippen LogP contribution in [0.1, 0.15) is 17.5 Å². The van der Waals surface area contributed by atoms with Gasteiger partial charge >= 0.3 is 0 Å². The summed E-state index contributed by atoms with van der Waals surface area (Å²) in [5.74, 6) is 1.57. The van der Waals surface area contributed by atoms with E-state index in [9.17, 15) is 13.2 Å². The first-order chi connectivity index (χ1) is 13.3. The van der Waals surface area contributed by atoms with Gasteiger partial charge in [-0.05, 0) is 54.5 Å². The molecule has 2 aromatic rings. The molecule has 0 bridgehead atoms. The topological polar surface area (TPSA) is 66.5 Å². The molecule has 0 heterocycles. The Morgan fingerprint density at radius 1 is 1.14 bits per heavy atom. The van der Waals surface area contributed by atoms with Crippen LogP contribution in [0, 0.1) is 6.92 Å². The summed E-state index contributed by atoms with van der Waals surface area (Å²) in [7, 11) is -3.55. The summed E-state index contributed by atoms with van der Waals surface area (Å²) in [6, 6.07) is 15.1. The molecule has 0 aliphatic rings. The molecule has 0 atom stereocenters. The van der Waals surface area contributed by atoms with Gasteiger partial charge in [0, 0.05) is 16.8 Å². The van der Waals surface area contributed by atoms with Crippen LogP contribution in [0.5, 0.6) is 0 Å². The zero-order valence-electron chi connectivity index (χ0n) is 16.0. The summed E-state index contributed by atoms with van der Waals surface area (Å²) in [4.78, 5) is 12.2. The predicted octanol–water partition coefficient (Wildman–Crippen LogP) is 3.96. The van der Waals surface area contributed by atoms with E-state index in [0.29, 0.717) is 12.2 Å². The second kappa shape index (κ2) is 10.9. The Labute approximate surface area is 180 Å². The van der Waals surface area contributed by atoms with Gasteiger partial charge in [0.05, 0.1) is 11.9 Å². The highest BCUT2D eigenvalue weighted by Crippen LogP contribution is 2.20. The molecule has 2 aromatic carbocycles.